The molecule has 7 heteroatoms. The Bertz CT molecular complexity index is 753. The molecule has 6 nitrogen and oxygen atoms in total. The van der Waals surface area contributed by atoms with Crippen molar-refractivity contribution in [3.8, 4) is 0 Å². The number of aromatic nitrogens is 3. The Hall–Kier alpha value is -2.67. The third-order valence-corrected chi connectivity index (χ3v) is 3.78. The van der Waals surface area contributed by atoms with Gasteiger partial charge in [-0.15, -0.1) is 0 Å². The molecule has 1 aromatic carbocycles. The van der Waals surface area contributed by atoms with Gasteiger partial charge in [-0.2, -0.15) is 0 Å². The highest BCUT2D eigenvalue weighted by atomic mass is 32.1. The quantitative estimate of drug-likeness (QED) is 0.802. The summed E-state index contributed by atoms with van der Waals surface area (Å²) in [5.74, 6) is -1.05. The van der Waals surface area contributed by atoms with Gasteiger partial charge in [0.1, 0.15) is 6.33 Å². The normalized spacial score (nSPS) is 10.5. The number of hydrogen-bond donors (Lipinski definition) is 1. The van der Waals surface area contributed by atoms with Crippen molar-refractivity contribution in [2.75, 3.05) is 5.01 Å². The standard InChI is InChI=1S/C14H12N4O2S/c1-10-16-12(14(19)20)13(21-10)18(17-8-7-15-9-17)11-5-3-2-4-6-11/h2-9H,1H3,(H,19,20). The zero-order valence-electron chi connectivity index (χ0n) is 11.2. The molecule has 0 saturated carbocycles. The van der Waals surface area contributed by atoms with Gasteiger partial charge in [0, 0.05) is 12.4 Å². The molecule has 1 N–H and O–H groups in total. The molecule has 106 valence electrons. The first-order valence-electron chi connectivity index (χ1n) is 6.21. The van der Waals surface area contributed by atoms with E-state index in [9.17, 15) is 9.90 Å². The number of anilines is 2. The number of benzene rings is 1. The van der Waals surface area contributed by atoms with Crippen LogP contribution in [0.15, 0.2) is 49.1 Å². The predicted molar refractivity (Wildman–Crippen MR) is 80.0 cm³/mol. The summed E-state index contributed by atoms with van der Waals surface area (Å²) >= 11 is 1.33. The van der Waals surface area contributed by atoms with Crippen LogP contribution in [0.3, 0.4) is 0 Å². The van der Waals surface area contributed by atoms with Crippen molar-refractivity contribution < 1.29 is 9.90 Å². The topological polar surface area (TPSA) is 71.2 Å². The smallest absolute Gasteiger partial charge is 0.357 e. The molecule has 3 rings (SSSR count). The first-order valence-corrected chi connectivity index (χ1v) is 7.02. The lowest BCUT2D eigenvalue weighted by Crippen LogP contribution is -2.23. The maximum absolute atomic E-state index is 11.4. The third-order valence-electron chi connectivity index (χ3n) is 2.83. The molecule has 0 aliphatic heterocycles. The summed E-state index contributed by atoms with van der Waals surface area (Å²) in [5, 5.41) is 12.4. The van der Waals surface area contributed by atoms with Crippen molar-refractivity contribution in [3.05, 3.63) is 59.8 Å². The summed E-state index contributed by atoms with van der Waals surface area (Å²) in [6, 6.07) is 9.51. The summed E-state index contributed by atoms with van der Waals surface area (Å²) in [4.78, 5) is 19.6. The van der Waals surface area contributed by atoms with E-state index in [0.29, 0.717) is 10.0 Å². The lowest BCUT2D eigenvalue weighted by molar-refractivity contribution is 0.0692. The van der Waals surface area contributed by atoms with E-state index in [1.54, 1.807) is 35.3 Å². The Morgan fingerprint density at radius 3 is 2.71 bits per heavy atom. The van der Waals surface area contributed by atoms with Gasteiger partial charge in [0.25, 0.3) is 0 Å². The molecule has 0 unspecified atom stereocenters. The van der Waals surface area contributed by atoms with Crippen molar-refractivity contribution in [1.29, 1.82) is 0 Å². The summed E-state index contributed by atoms with van der Waals surface area (Å²) < 4.78 is 1.73. The summed E-state index contributed by atoms with van der Waals surface area (Å²) in [5.41, 5.74) is 0.872. The maximum atomic E-state index is 11.4. The molecule has 0 saturated heterocycles. The number of carboxylic acid groups (broad SMARTS) is 1. The zero-order chi connectivity index (χ0) is 14.8. The maximum Gasteiger partial charge on any atom is 0.357 e. The van der Waals surface area contributed by atoms with E-state index in [-0.39, 0.29) is 5.69 Å². The Morgan fingerprint density at radius 2 is 2.10 bits per heavy atom. The molecule has 2 heterocycles. The van der Waals surface area contributed by atoms with Crippen molar-refractivity contribution in [2.24, 2.45) is 0 Å². The number of nitrogens with zero attached hydrogens (tertiary/aromatic N) is 4. The van der Waals surface area contributed by atoms with E-state index < -0.39 is 5.97 Å². The first-order chi connectivity index (χ1) is 10.2. The number of carboxylic acids is 1. The van der Waals surface area contributed by atoms with Crippen LogP contribution in [0.1, 0.15) is 15.5 Å². The monoisotopic (exact) mass is 300 g/mol. The van der Waals surface area contributed by atoms with Crippen molar-refractivity contribution in [2.45, 2.75) is 6.92 Å². The Kier molecular flexibility index (Phi) is 3.41. The zero-order valence-corrected chi connectivity index (χ0v) is 12.0. The summed E-state index contributed by atoms with van der Waals surface area (Å²) in [7, 11) is 0. The largest absolute Gasteiger partial charge is 0.476 e. The van der Waals surface area contributed by atoms with Crippen LogP contribution in [-0.2, 0) is 0 Å². The molecular formula is C14H12N4O2S. The van der Waals surface area contributed by atoms with Crippen LogP contribution >= 0.6 is 11.3 Å². The van der Waals surface area contributed by atoms with Gasteiger partial charge in [-0.1, -0.05) is 29.5 Å². The van der Waals surface area contributed by atoms with Crippen molar-refractivity contribution >= 4 is 28.0 Å². The molecule has 2 aromatic heterocycles. The van der Waals surface area contributed by atoms with Crippen molar-refractivity contribution in [1.82, 2.24) is 14.6 Å². The second-order valence-electron chi connectivity index (χ2n) is 4.28. The number of carbonyl (C=O) groups is 1. The molecule has 0 fully saturated rings. The number of rotatable bonds is 4. The Balaban J connectivity index is 2.19. The average molecular weight is 300 g/mol. The molecule has 0 aliphatic carbocycles. The molecule has 0 amide bonds. The molecule has 0 radical (unpaired) electrons. The van der Waals surface area contributed by atoms with Gasteiger partial charge >= 0.3 is 5.97 Å². The average Bonchev–Trinajstić information content (AvgIpc) is 3.11. The van der Waals surface area contributed by atoms with E-state index in [1.165, 1.54) is 11.3 Å². The number of aryl methyl sites for hydroxylation is 1. The summed E-state index contributed by atoms with van der Waals surface area (Å²) in [6.07, 6.45) is 5.02. The van der Waals surface area contributed by atoms with E-state index in [0.717, 1.165) is 5.69 Å². The number of aromatic carboxylic acids is 1. The first kappa shape index (κ1) is 13.3. The molecule has 0 aliphatic rings. The minimum Gasteiger partial charge on any atom is -0.476 e. The fraction of sp³-hybridized carbons (Fsp3) is 0.0714. The van der Waals surface area contributed by atoms with E-state index >= 15 is 0 Å². The molecule has 0 bridgehead atoms. The van der Waals surface area contributed by atoms with Crippen molar-refractivity contribution in [3.63, 3.8) is 0 Å². The molecular weight excluding hydrogens is 288 g/mol. The van der Waals surface area contributed by atoms with Crippen LogP contribution in [0.5, 0.6) is 0 Å². The van der Waals surface area contributed by atoms with E-state index in [4.69, 9.17) is 0 Å². The highest BCUT2D eigenvalue weighted by Crippen LogP contribution is 2.34. The second kappa shape index (κ2) is 5.37. The minimum absolute atomic E-state index is 0.0371. The Morgan fingerprint density at radius 1 is 1.33 bits per heavy atom. The van der Waals surface area contributed by atoms with Crippen LogP contribution in [0.2, 0.25) is 0 Å². The highest BCUT2D eigenvalue weighted by molar-refractivity contribution is 7.16. The molecule has 21 heavy (non-hydrogen) atoms. The van der Waals surface area contributed by atoms with Gasteiger partial charge in [-0.25, -0.2) is 24.4 Å². The fourth-order valence-corrected chi connectivity index (χ4v) is 2.93. The van der Waals surface area contributed by atoms with E-state index in [1.807, 2.05) is 30.3 Å². The van der Waals surface area contributed by atoms with Gasteiger partial charge in [-0.05, 0) is 19.1 Å². The second-order valence-corrected chi connectivity index (χ2v) is 5.46. The number of para-hydroxylation sites is 1. The van der Waals surface area contributed by atoms with Crippen LogP contribution in [0.25, 0.3) is 0 Å². The number of imidazole rings is 1. The number of hydrogen-bond acceptors (Lipinski definition) is 5. The minimum atomic E-state index is -1.05. The SMILES string of the molecule is Cc1nc(C(=O)O)c(N(c2ccccc2)n2ccnc2)s1. The molecule has 0 spiro atoms. The molecule has 3 aromatic rings. The highest BCUT2D eigenvalue weighted by Gasteiger charge is 2.23. The van der Waals surface area contributed by atoms with Gasteiger partial charge in [0.15, 0.2) is 10.7 Å². The Labute approximate surface area is 124 Å². The lowest BCUT2D eigenvalue weighted by atomic mass is 10.3. The lowest BCUT2D eigenvalue weighted by Gasteiger charge is -2.23. The fourth-order valence-electron chi connectivity index (χ4n) is 1.99. The van der Waals surface area contributed by atoms with E-state index in [2.05, 4.69) is 9.97 Å². The van der Waals surface area contributed by atoms with Crippen LogP contribution < -0.4 is 5.01 Å². The van der Waals surface area contributed by atoms with Gasteiger partial charge < -0.3 is 5.11 Å². The van der Waals surface area contributed by atoms with Gasteiger partial charge in [0.2, 0.25) is 0 Å². The molecule has 0 atom stereocenters. The van der Waals surface area contributed by atoms with Gasteiger partial charge in [0.05, 0.1) is 10.7 Å². The third kappa shape index (κ3) is 2.50. The predicted octanol–water partition coefficient (Wildman–Crippen LogP) is 2.95. The van der Waals surface area contributed by atoms with Crippen LogP contribution in [-0.4, -0.2) is 25.7 Å². The number of thiazole rings is 1. The van der Waals surface area contributed by atoms with Crippen LogP contribution in [0, 0.1) is 6.92 Å². The van der Waals surface area contributed by atoms with Gasteiger partial charge in [-0.3, -0.25) is 0 Å². The summed E-state index contributed by atoms with van der Waals surface area (Å²) in [6.45, 7) is 1.79. The van der Waals surface area contributed by atoms with Crippen LogP contribution in [0.4, 0.5) is 10.7 Å².